The van der Waals surface area contributed by atoms with Gasteiger partial charge in [0, 0.05) is 30.7 Å². The van der Waals surface area contributed by atoms with Crippen LogP contribution in [-0.4, -0.2) is 33.7 Å². The molecule has 5 rings (SSSR count). The molecule has 0 radical (unpaired) electrons. The molecule has 0 unspecified atom stereocenters. The first-order valence-corrected chi connectivity index (χ1v) is 11.0. The normalized spacial score (nSPS) is 11.0. The highest BCUT2D eigenvalue weighted by Crippen LogP contribution is 2.34. The quantitative estimate of drug-likeness (QED) is 0.363. The van der Waals surface area contributed by atoms with E-state index in [9.17, 15) is 0 Å². The molecule has 0 atom stereocenters. The van der Waals surface area contributed by atoms with Gasteiger partial charge in [0.05, 0.1) is 35.0 Å². The third-order valence-corrected chi connectivity index (χ3v) is 6.07. The molecule has 3 heterocycles. The summed E-state index contributed by atoms with van der Waals surface area (Å²) in [5.74, 6) is 2.11. The number of rotatable bonds is 6. The number of ether oxygens (including phenoxy) is 1. The molecule has 160 valence electrons. The highest BCUT2D eigenvalue weighted by Gasteiger charge is 2.15. The van der Waals surface area contributed by atoms with Crippen LogP contribution in [0.3, 0.4) is 0 Å². The van der Waals surface area contributed by atoms with E-state index in [-0.39, 0.29) is 0 Å². The van der Waals surface area contributed by atoms with Crippen molar-refractivity contribution >= 4 is 44.7 Å². The molecule has 0 spiro atoms. The zero-order valence-corrected chi connectivity index (χ0v) is 18.8. The van der Waals surface area contributed by atoms with Crippen molar-refractivity contribution in [3.63, 3.8) is 0 Å². The number of anilines is 4. The van der Waals surface area contributed by atoms with Crippen molar-refractivity contribution in [2.24, 2.45) is 0 Å². The van der Waals surface area contributed by atoms with E-state index in [1.807, 2.05) is 72.6 Å². The molecule has 0 fully saturated rings. The summed E-state index contributed by atoms with van der Waals surface area (Å²) >= 11 is 1.64. The zero-order valence-electron chi connectivity index (χ0n) is 18.0. The number of hydrogen-bond acceptors (Lipinski definition) is 7. The molecule has 0 saturated heterocycles. The lowest BCUT2D eigenvalue weighted by atomic mass is 10.2. The van der Waals surface area contributed by atoms with Crippen LogP contribution in [0.1, 0.15) is 5.69 Å². The number of methoxy groups -OCH3 is 1. The second kappa shape index (κ2) is 8.32. The smallest absolute Gasteiger partial charge is 0.229 e. The van der Waals surface area contributed by atoms with Crippen LogP contribution in [0, 0.1) is 6.92 Å². The Morgan fingerprint density at radius 3 is 2.66 bits per heavy atom. The van der Waals surface area contributed by atoms with Crippen LogP contribution in [0.5, 0.6) is 5.75 Å². The van der Waals surface area contributed by atoms with Crippen LogP contribution in [-0.2, 0) is 0 Å². The SMILES string of the molecule is COc1cc(Nc2nc(N(C)c3ccccc3)c3sccc3n2)ccc1-n1cnc(C)c1. The minimum atomic E-state index is 0.530. The summed E-state index contributed by atoms with van der Waals surface area (Å²) in [6, 6.07) is 18.1. The van der Waals surface area contributed by atoms with Gasteiger partial charge in [0.1, 0.15) is 5.75 Å². The van der Waals surface area contributed by atoms with E-state index in [2.05, 4.69) is 27.3 Å². The minimum Gasteiger partial charge on any atom is -0.494 e. The molecule has 0 bridgehead atoms. The second-order valence-electron chi connectivity index (χ2n) is 7.33. The first kappa shape index (κ1) is 20.0. The molecule has 5 aromatic rings. The van der Waals surface area contributed by atoms with Gasteiger partial charge < -0.3 is 19.5 Å². The summed E-state index contributed by atoms with van der Waals surface area (Å²) in [5.41, 5.74) is 4.67. The number of nitrogens with zero attached hydrogens (tertiary/aromatic N) is 5. The standard InChI is InChI=1S/C24H22N6OS/c1-16-14-30(15-25-16)20-10-9-17(13-21(20)31-3)26-24-27-19-11-12-32-22(19)23(28-24)29(2)18-7-5-4-6-8-18/h4-15H,1-3H3,(H,26,27,28). The van der Waals surface area contributed by atoms with Crippen molar-refractivity contribution in [3.8, 4) is 11.4 Å². The third-order valence-electron chi connectivity index (χ3n) is 5.17. The number of nitrogens with one attached hydrogen (secondary N) is 1. The van der Waals surface area contributed by atoms with E-state index < -0.39 is 0 Å². The molecule has 0 aliphatic heterocycles. The number of para-hydroxylation sites is 1. The maximum absolute atomic E-state index is 5.63. The van der Waals surface area contributed by atoms with Crippen LogP contribution in [0.25, 0.3) is 15.9 Å². The van der Waals surface area contributed by atoms with Crippen LogP contribution in [0.15, 0.2) is 72.5 Å². The Labute approximate surface area is 190 Å². The number of benzene rings is 2. The number of fused-ring (bicyclic) bond motifs is 1. The maximum Gasteiger partial charge on any atom is 0.229 e. The Morgan fingerprint density at radius 2 is 1.91 bits per heavy atom. The molecule has 0 aliphatic carbocycles. The molecule has 7 nitrogen and oxygen atoms in total. The number of hydrogen-bond donors (Lipinski definition) is 1. The summed E-state index contributed by atoms with van der Waals surface area (Å²) in [6.45, 7) is 1.96. The van der Waals surface area contributed by atoms with Crippen molar-refractivity contribution in [2.75, 3.05) is 24.4 Å². The Kier molecular flexibility index (Phi) is 5.20. The van der Waals surface area contributed by atoms with Gasteiger partial charge in [-0.05, 0) is 42.6 Å². The molecule has 8 heteroatoms. The Morgan fingerprint density at radius 1 is 1.06 bits per heavy atom. The second-order valence-corrected chi connectivity index (χ2v) is 8.25. The van der Waals surface area contributed by atoms with Gasteiger partial charge in [-0.3, -0.25) is 0 Å². The zero-order chi connectivity index (χ0) is 22.1. The maximum atomic E-state index is 5.63. The average molecular weight is 443 g/mol. The Hall–Kier alpha value is -3.91. The van der Waals surface area contributed by atoms with Crippen LogP contribution < -0.4 is 15.0 Å². The third kappa shape index (κ3) is 3.76. The highest BCUT2D eigenvalue weighted by atomic mass is 32.1. The predicted octanol–water partition coefficient (Wildman–Crippen LogP) is 5.71. The molecule has 0 amide bonds. The van der Waals surface area contributed by atoms with E-state index in [4.69, 9.17) is 14.7 Å². The Balaban J connectivity index is 1.51. The minimum absolute atomic E-state index is 0.530. The fraction of sp³-hybridized carbons (Fsp3) is 0.125. The van der Waals surface area contributed by atoms with E-state index >= 15 is 0 Å². The number of imidazole rings is 1. The van der Waals surface area contributed by atoms with Gasteiger partial charge in [-0.1, -0.05) is 18.2 Å². The average Bonchev–Trinajstić information content (AvgIpc) is 3.47. The highest BCUT2D eigenvalue weighted by molar-refractivity contribution is 7.17. The van der Waals surface area contributed by atoms with Crippen molar-refractivity contribution < 1.29 is 4.74 Å². The van der Waals surface area contributed by atoms with Crippen LogP contribution >= 0.6 is 11.3 Å². The first-order valence-electron chi connectivity index (χ1n) is 10.1. The van der Waals surface area contributed by atoms with E-state index in [0.717, 1.165) is 44.5 Å². The molecule has 32 heavy (non-hydrogen) atoms. The summed E-state index contributed by atoms with van der Waals surface area (Å²) in [5, 5.41) is 5.38. The number of aromatic nitrogens is 4. The van der Waals surface area contributed by atoms with E-state index in [1.54, 1.807) is 24.8 Å². The lowest BCUT2D eigenvalue weighted by Crippen LogP contribution is -2.12. The van der Waals surface area contributed by atoms with Gasteiger partial charge in [-0.2, -0.15) is 4.98 Å². The molecular formula is C24H22N6OS. The topological polar surface area (TPSA) is 68.1 Å². The predicted molar refractivity (Wildman–Crippen MR) is 130 cm³/mol. The summed E-state index contributed by atoms with van der Waals surface area (Å²) < 4.78 is 8.62. The molecule has 0 aliphatic rings. The van der Waals surface area contributed by atoms with Gasteiger partial charge in [-0.25, -0.2) is 9.97 Å². The van der Waals surface area contributed by atoms with Gasteiger partial charge in [0.2, 0.25) is 5.95 Å². The summed E-state index contributed by atoms with van der Waals surface area (Å²) in [6.07, 6.45) is 3.74. The largest absolute Gasteiger partial charge is 0.494 e. The van der Waals surface area contributed by atoms with Crippen LogP contribution in [0.2, 0.25) is 0 Å². The molecule has 0 saturated carbocycles. The fourth-order valence-electron chi connectivity index (χ4n) is 3.56. The van der Waals surface area contributed by atoms with Crippen molar-refractivity contribution in [1.82, 2.24) is 19.5 Å². The van der Waals surface area contributed by atoms with Crippen LogP contribution in [0.4, 0.5) is 23.1 Å². The van der Waals surface area contributed by atoms with Gasteiger partial charge in [0.25, 0.3) is 0 Å². The van der Waals surface area contributed by atoms with Crippen molar-refractivity contribution in [1.29, 1.82) is 0 Å². The molecular weight excluding hydrogens is 420 g/mol. The molecule has 1 N–H and O–H groups in total. The van der Waals surface area contributed by atoms with Gasteiger partial charge in [-0.15, -0.1) is 11.3 Å². The summed E-state index contributed by atoms with van der Waals surface area (Å²) in [7, 11) is 3.68. The number of thiophene rings is 1. The lowest BCUT2D eigenvalue weighted by molar-refractivity contribution is 0.413. The van der Waals surface area contributed by atoms with Crippen molar-refractivity contribution in [2.45, 2.75) is 6.92 Å². The van der Waals surface area contributed by atoms with E-state index in [0.29, 0.717) is 5.95 Å². The van der Waals surface area contributed by atoms with Gasteiger partial charge in [0.15, 0.2) is 5.82 Å². The first-order chi connectivity index (χ1) is 15.6. The molecule has 2 aromatic carbocycles. The van der Waals surface area contributed by atoms with E-state index in [1.165, 1.54) is 0 Å². The summed E-state index contributed by atoms with van der Waals surface area (Å²) in [4.78, 5) is 15.9. The van der Waals surface area contributed by atoms with Gasteiger partial charge >= 0.3 is 0 Å². The van der Waals surface area contributed by atoms with Crippen molar-refractivity contribution in [3.05, 3.63) is 78.2 Å². The monoisotopic (exact) mass is 442 g/mol. The fourth-order valence-corrected chi connectivity index (χ4v) is 4.41. The molecule has 3 aromatic heterocycles. The Bertz CT molecular complexity index is 1380. The number of aryl methyl sites for hydroxylation is 1. The lowest BCUT2D eigenvalue weighted by Gasteiger charge is -2.20.